The average Bonchev–Trinajstić information content (AvgIpc) is 2.37. The molecule has 1 aromatic carbocycles. The molecule has 1 rings (SSSR count). The molecule has 0 aromatic heterocycles. The molecule has 0 saturated carbocycles. The minimum Gasteiger partial charge on any atom is -0.478 e. The molecule has 0 atom stereocenters. The van der Waals surface area contributed by atoms with Crippen LogP contribution in [0.4, 0.5) is 5.69 Å². The van der Waals surface area contributed by atoms with Crippen molar-refractivity contribution in [2.24, 2.45) is 11.8 Å². The summed E-state index contributed by atoms with van der Waals surface area (Å²) < 4.78 is 0.645. The van der Waals surface area contributed by atoms with E-state index in [1.807, 2.05) is 12.1 Å². The van der Waals surface area contributed by atoms with Crippen LogP contribution in [-0.2, 0) is 0 Å². The Morgan fingerprint density at radius 1 is 1.14 bits per heavy atom. The molecule has 0 bridgehead atoms. The monoisotopic (exact) mass is 355 g/mol. The summed E-state index contributed by atoms with van der Waals surface area (Å²) >= 11 is 3.37. The quantitative estimate of drug-likeness (QED) is 0.709. The van der Waals surface area contributed by atoms with Gasteiger partial charge in [0, 0.05) is 17.6 Å². The maximum atomic E-state index is 11.6. The summed E-state index contributed by atoms with van der Waals surface area (Å²) in [5.74, 6) is 0.329. The molecular formula is C17H26BrNO2. The molecule has 0 saturated heterocycles. The molecule has 1 aromatic rings. The summed E-state index contributed by atoms with van der Waals surface area (Å²) in [6, 6.07) is 5.61. The van der Waals surface area contributed by atoms with Gasteiger partial charge in [0.05, 0.1) is 11.3 Å². The number of halogens is 1. The Bertz CT molecular complexity index is 460. The summed E-state index contributed by atoms with van der Waals surface area (Å²) in [6.07, 6.45) is 2.12. The van der Waals surface area contributed by atoms with Crippen LogP contribution in [0.1, 0.15) is 50.9 Å². The molecule has 4 heteroatoms. The maximum Gasteiger partial charge on any atom is 0.338 e. The molecule has 1 N–H and O–H groups in total. The van der Waals surface area contributed by atoms with Crippen LogP contribution in [0.2, 0.25) is 0 Å². The van der Waals surface area contributed by atoms with Crippen molar-refractivity contribution in [3.8, 4) is 0 Å². The molecule has 21 heavy (non-hydrogen) atoms. The summed E-state index contributed by atoms with van der Waals surface area (Å²) in [4.78, 5) is 13.8. The lowest BCUT2D eigenvalue weighted by Gasteiger charge is -2.28. The highest BCUT2D eigenvalue weighted by molar-refractivity contribution is 9.10. The van der Waals surface area contributed by atoms with Gasteiger partial charge in [-0.1, -0.05) is 33.8 Å². The Balaban J connectivity index is 3.06. The van der Waals surface area contributed by atoms with Crippen molar-refractivity contribution >= 4 is 27.6 Å². The number of hydrogen-bond acceptors (Lipinski definition) is 2. The zero-order valence-corrected chi connectivity index (χ0v) is 15.0. The van der Waals surface area contributed by atoms with Gasteiger partial charge >= 0.3 is 5.97 Å². The molecule has 0 aliphatic carbocycles. The van der Waals surface area contributed by atoms with E-state index in [1.165, 1.54) is 0 Å². The van der Waals surface area contributed by atoms with Crippen molar-refractivity contribution in [3.63, 3.8) is 0 Å². The second kappa shape index (κ2) is 8.42. The van der Waals surface area contributed by atoms with Crippen molar-refractivity contribution in [2.45, 2.75) is 40.5 Å². The van der Waals surface area contributed by atoms with Crippen LogP contribution in [0.5, 0.6) is 0 Å². The fourth-order valence-corrected chi connectivity index (χ4v) is 2.69. The van der Waals surface area contributed by atoms with E-state index in [2.05, 4.69) is 48.5 Å². The van der Waals surface area contributed by atoms with Crippen LogP contribution in [-0.4, -0.2) is 24.2 Å². The summed E-state index contributed by atoms with van der Waals surface area (Å²) in [7, 11) is 0. The molecule has 118 valence electrons. The van der Waals surface area contributed by atoms with E-state index in [1.54, 1.807) is 6.07 Å². The third-order valence-electron chi connectivity index (χ3n) is 3.50. The Morgan fingerprint density at radius 3 is 2.10 bits per heavy atom. The highest BCUT2D eigenvalue weighted by Crippen LogP contribution is 2.29. The van der Waals surface area contributed by atoms with E-state index in [0.717, 1.165) is 31.6 Å². The van der Waals surface area contributed by atoms with E-state index >= 15 is 0 Å². The first-order valence-corrected chi connectivity index (χ1v) is 8.39. The van der Waals surface area contributed by atoms with E-state index in [0.29, 0.717) is 21.9 Å². The van der Waals surface area contributed by atoms with Crippen LogP contribution >= 0.6 is 15.9 Å². The normalized spacial score (nSPS) is 11.2. The highest BCUT2D eigenvalue weighted by Gasteiger charge is 2.19. The van der Waals surface area contributed by atoms with Crippen molar-refractivity contribution < 1.29 is 9.90 Å². The Kier molecular flexibility index (Phi) is 7.23. The van der Waals surface area contributed by atoms with Gasteiger partial charge in [-0.05, 0) is 52.7 Å². The number of rotatable bonds is 8. The second-order valence-electron chi connectivity index (χ2n) is 6.29. The predicted molar refractivity (Wildman–Crippen MR) is 92.2 cm³/mol. The van der Waals surface area contributed by atoms with E-state index in [9.17, 15) is 9.90 Å². The smallest absolute Gasteiger partial charge is 0.338 e. The number of carboxylic acid groups (broad SMARTS) is 1. The minimum absolute atomic E-state index is 0.366. The minimum atomic E-state index is -0.878. The molecule has 0 radical (unpaired) electrons. The average molecular weight is 356 g/mol. The summed E-state index contributed by atoms with van der Waals surface area (Å²) in [5, 5.41) is 9.49. The number of nitrogens with zero attached hydrogens (tertiary/aromatic N) is 1. The number of hydrogen-bond donors (Lipinski definition) is 1. The molecule has 0 unspecified atom stereocenters. The number of anilines is 1. The molecule has 0 aliphatic rings. The maximum absolute atomic E-state index is 11.6. The van der Waals surface area contributed by atoms with Gasteiger partial charge in [-0.25, -0.2) is 4.79 Å². The first-order valence-electron chi connectivity index (χ1n) is 7.59. The Hall–Kier alpha value is -1.03. The van der Waals surface area contributed by atoms with Gasteiger partial charge in [0.2, 0.25) is 0 Å². The van der Waals surface area contributed by atoms with Gasteiger partial charge in [-0.2, -0.15) is 0 Å². The summed E-state index contributed by atoms with van der Waals surface area (Å²) in [6.45, 7) is 10.6. The lowest BCUT2D eigenvalue weighted by Crippen LogP contribution is -2.29. The SMILES string of the molecule is CC(C)CCN(CCC(C)C)c1cccc(Br)c1C(=O)O. The van der Waals surface area contributed by atoms with Crippen LogP contribution in [0.15, 0.2) is 22.7 Å². The second-order valence-corrected chi connectivity index (χ2v) is 7.15. The molecule has 0 amide bonds. The Labute approximate surface area is 136 Å². The van der Waals surface area contributed by atoms with Crippen molar-refractivity contribution in [1.82, 2.24) is 0 Å². The fourth-order valence-electron chi connectivity index (χ4n) is 2.17. The zero-order chi connectivity index (χ0) is 16.0. The predicted octanol–water partition coefficient (Wildman–Crippen LogP) is 5.05. The van der Waals surface area contributed by atoms with Crippen LogP contribution in [0, 0.1) is 11.8 Å². The van der Waals surface area contributed by atoms with Crippen molar-refractivity contribution in [2.75, 3.05) is 18.0 Å². The number of carbonyl (C=O) groups is 1. The van der Waals surface area contributed by atoms with E-state index in [4.69, 9.17) is 0 Å². The molecule has 0 spiro atoms. The zero-order valence-electron chi connectivity index (χ0n) is 13.4. The molecular weight excluding hydrogens is 330 g/mol. The van der Waals surface area contributed by atoms with Gasteiger partial charge in [-0.15, -0.1) is 0 Å². The first kappa shape index (κ1) is 18.0. The summed E-state index contributed by atoms with van der Waals surface area (Å²) in [5.41, 5.74) is 1.18. The third kappa shape index (κ3) is 5.70. The third-order valence-corrected chi connectivity index (χ3v) is 4.16. The molecule has 0 heterocycles. The first-order chi connectivity index (χ1) is 9.82. The van der Waals surface area contributed by atoms with Crippen molar-refractivity contribution in [1.29, 1.82) is 0 Å². The number of carboxylic acids is 1. The van der Waals surface area contributed by atoms with Gasteiger partial charge in [0.15, 0.2) is 0 Å². The number of aromatic carboxylic acids is 1. The van der Waals surface area contributed by atoms with Gasteiger partial charge in [0.25, 0.3) is 0 Å². The van der Waals surface area contributed by atoms with Gasteiger partial charge < -0.3 is 10.0 Å². The fraction of sp³-hybridized carbons (Fsp3) is 0.588. The van der Waals surface area contributed by atoms with Gasteiger partial charge in [-0.3, -0.25) is 0 Å². The number of benzene rings is 1. The van der Waals surface area contributed by atoms with Crippen LogP contribution in [0.25, 0.3) is 0 Å². The standard InChI is InChI=1S/C17H26BrNO2/c1-12(2)8-10-19(11-9-13(3)4)15-7-5-6-14(18)16(15)17(20)21/h5-7,12-13H,8-11H2,1-4H3,(H,20,21). The Morgan fingerprint density at radius 2 is 1.67 bits per heavy atom. The molecule has 3 nitrogen and oxygen atoms in total. The topological polar surface area (TPSA) is 40.5 Å². The molecule has 0 aliphatic heterocycles. The van der Waals surface area contributed by atoms with Gasteiger partial charge in [0.1, 0.15) is 0 Å². The van der Waals surface area contributed by atoms with Crippen molar-refractivity contribution in [3.05, 3.63) is 28.2 Å². The molecule has 0 fully saturated rings. The van der Waals surface area contributed by atoms with Crippen LogP contribution in [0.3, 0.4) is 0 Å². The largest absolute Gasteiger partial charge is 0.478 e. The van der Waals surface area contributed by atoms with E-state index < -0.39 is 5.97 Å². The lowest BCUT2D eigenvalue weighted by molar-refractivity contribution is 0.0696. The highest BCUT2D eigenvalue weighted by atomic mass is 79.9. The van der Waals surface area contributed by atoms with E-state index in [-0.39, 0.29) is 0 Å². The lowest BCUT2D eigenvalue weighted by atomic mass is 10.1. The van der Waals surface area contributed by atoms with Crippen LogP contribution < -0.4 is 4.90 Å².